The summed E-state index contributed by atoms with van der Waals surface area (Å²) in [4.78, 5) is 40.8. The van der Waals surface area contributed by atoms with E-state index in [1.54, 1.807) is 18.2 Å². The zero-order valence-electron chi connectivity index (χ0n) is 23.3. The summed E-state index contributed by atoms with van der Waals surface area (Å²) in [6.45, 7) is 3.11. The van der Waals surface area contributed by atoms with Crippen molar-refractivity contribution in [3.63, 3.8) is 0 Å². The lowest BCUT2D eigenvalue weighted by molar-refractivity contribution is -0.138. The number of nitrogens with zero attached hydrogens (tertiary/aromatic N) is 5. The van der Waals surface area contributed by atoms with Gasteiger partial charge in [0.2, 0.25) is 5.88 Å². The SMILES string of the molecule is COC(=O)Nc1cc(Oc2ccc3c(C(=O)Nc4ccc(CN5CCN(C)CC5)c(C(F)(F)F)c4)cncc3c2)ncn1. The van der Waals surface area contributed by atoms with Crippen LogP contribution in [0.4, 0.5) is 29.5 Å². The van der Waals surface area contributed by atoms with Gasteiger partial charge in [-0.15, -0.1) is 0 Å². The average molecular weight is 596 g/mol. The van der Waals surface area contributed by atoms with Crippen molar-refractivity contribution < 1.29 is 32.2 Å². The fourth-order valence-corrected chi connectivity index (χ4v) is 4.64. The molecule has 4 aromatic rings. The Hall–Kier alpha value is -4.82. The fourth-order valence-electron chi connectivity index (χ4n) is 4.64. The molecule has 2 aromatic heterocycles. The number of aromatic nitrogens is 3. The highest BCUT2D eigenvalue weighted by molar-refractivity contribution is 6.12. The number of carbonyl (C=O) groups is 2. The number of nitrogens with one attached hydrogen (secondary N) is 2. The molecule has 224 valence electrons. The van der Waals surface area contributed by atoms with E-state index in [-0.39, 0.29) is 35.1 Å². The molecule has 1 saturated heterocycles. The maximum absolute atomic E-state index is 14.0. The van der Waals surface area contributed by atoms with Crippen LogP contribution in [-0.2, 0) is 17.5 Å². The van der Waals surface area contributed by atoms with Crippen molar-refractivity contribution in [3.8, 4) is 11.6 Å². The first-order valence-electron chi connectivity index (χ1n) is 13.2. The molecule has 0 radical (unpaired) electrons. The van der Waals surface area contributed by atoms with Crippen LogP contribution < -0.4 is 15.4 Å². The Morgan fingerprint density at radius 3 is 2.51 bits per heavy atom. The van der Waals surface area contributed by atoms with Crippen molar-refractivity contribution in [1.82, 2.24) is 24.8 Å². The second kappa shape index (κ2) is 12.6. The standard InChI is InChI=1S/C29H28F3N7O4/c1-38-7-9-39(10-8-38)16-18-3-4-20(12-24(18)29(30,31)32)36-27(40)23-15-33-14-19-11-21(5-6-22(19)23)43-26-13-25(34-17-35-26)37-28(41)42-2/h3-6,11-15,17H,7-10,16H2,1-2H3,(H,36,40)(H,34,35,37,41). The number of carbonyl (C=O) groups excluding carboxylic acids is 2. The molecule has 2 N–H and O–H groups in total. The summed E-state index contributed by atoms with van der Waals surface area (Å²) in [5, 5.41) is 6.06. The van der Waals surface area contributed by atoms with Crippen LogP contribution in [0.25, 0.3) is 10.8 Å². The summed E-state index contributed by atoms with van der Waals surface area (Å²) in [6.07, 6.45) is -1.21. The molecule has 2 aromatic carbocycles. The minimum absolute atomic E-state index is 0.0246. The van der Waals surface area contributed by atoms with Crippen LogP contribution in [-0.4, -0.2) is 77.1 Å². The summed E-state index contributed by atoms with van der Waals surface area (Å²) in [6, 6.07) is 10.1. The van der Waals surface area contributed by atoms with Crippen LogP contribution in [0.1, 0.15) is 21.5 Å². The van der Waals surface area contributed by atoms with Gasteiger partial charge in [0.15, 0.2) is 0 Å². The number of anilines is 2. The fraction of sp³-hybridized carbons (Fsp3) is 0.276. The molecular weight excluding hydrogens is 567 g/mol. The lowest BCUT2D eigenvalue weighted by Gasteiger charge is -2.33. The minimum atomic E-state index is -4.58. The smallest absolute Gasteiger partial charge is 0.416 e. The molecule has 1 aliphatic rings. The van der Waals surface area contributed by atoms with Crippen molar-refractivity contribution in [2.75, 3.05) is 51.0 Å². The van der Waals surface area contributed by atoms with E-state index in [9.17, 15) is 22.8 Å². The van der Waals surface area contributed by atoms with Crippen LogP contribution in [0.15, 0.2) is 61.2 Å². The van der Waals surface area contributed by atoms with E-state index in [1.807, 2.05) is 11.9 Å². The topological polar surface area (TPSA) is 122 Å². The number of methoxy groups -OCH3 is 1. The van der Waals surface area contributed by atoms with Gasteiger partial charge < -0.3 is 19.7 Å². The number of halogens is 3. The number of fused-ring (bicyclic) bond motifs is 1. The van der Waals surface area contributed by atoms with Gasteiger partial charge in [0.1, 0.15) is 17.9 Å². The predicted octanol–water partition coefficient (Wildman–Crippen LogP) is 5.01. The van der Waals surface area contributed by atoms with Gasteiger partial charge in [0, 0.05) is 62.3 Å². The van der Waals surface area contributed by atoms with E-state index in [4.69, 9.17) is 4.74 Å². The van der Waals surface area contributed by atoms with Crippen LogP contribution >= 0.6 is 0 Å². The number of amides is 2. The van der Waals surface area contributed by atoms with E-state index < -0.39 is 23.7 Å². The third kappa shape index (κ3) is 7.34. The Morgan fingerprint density at radius 1 is 0.977 bits per heavy atom. The Balaban J connectivity index is 1.33. The minimum Gasteiger partial charge on any atom is -0.453 e. The zero-order valence-corrected chi connectivity index (χ0v) is 23.3. The van der Waals surface area contributed by atoms with Crippen molar-refractivity contribution in [3.05, 3.63) is 77.9 Å². The summed E-state index contributed by atoms with van der Waals surface area (Å²) < 4.78 is 52.3. The van der Waals surface area contributed by atoms with E-state index in [0.717, 1.165) is 19.2 Å². The highest BCUT2D eigenvalue weighted by Crippen LogP contribution is 2.35. The van der Waals surface area contributed by atoms with Gasteiger partial charge in [-0.2, -0.15) is 13.2 Å². The maximum Gasteiger partial charge on any atom is 0.416 e. The summed E-state index contributed by atoms with van der Waals surface area (Å²) in [7, 11) is 3.20. The van der Waals surface area contributed by atoms with Gasteiger partial charge in [0.05, 0.1) is 18.2 Å². The highest BCUT2D eigenvalue weighted by Gasteiger charge is 2.34. The first-order valence-corrected chi connectivity index (χ1v) is 13.2. The van der Waals surface area contributed by atoms with E-state index in [0.29, 0.717) is 29.6 Å². The van der Waals surface area contributed by atoms with E-state index in [1.165, 1.54) is 44.0 Å². The van der Waals surface area contributed by atoms with Gasteiger partial charge >= 0.3 is 12.3 Å². The molecule has 0 spiro atoms. The van der Waals surface area contributed by atoms with Gasteiger partial charge in [-0.25, -0.2) is 14.8 Å². The average Bonchev–Trinajstić information content (AvgIpc) is 2.98. The Labute approximate surface area is 244 Å². The molecule has 14 heteroatoms. The zero-order chi connectivity index (χ0) is 30.6. The van der Waals surface area contributed by atoms with Gasteiger partial charge in [-0.05, 0) is 48.3 Å². The number of hydrogen-bond donors (Lipinski definition) is 2. The number of rotatable bonds is 7. The second-order valence-electron chi connectivity index (χ2n) is 9.93. The van der Waals surface area contributed by atoms with Crippen LogP contribution in [0.3, 0.4) is 0 Å². The van der Waals surface area contributed by atoms with E-state index in [2.05, 4.69) is 35.2 Å². The largest absolute Gasteiger partial charge is 0.453 e. The molecule has 0 atom stereocenters. The lowest BCUT2D eigenvalue weighted by atomic mass is 10.0. The Kier molecular flexibility index (Phi) is 8.68. The molecule has 0 aliphatic carbocycles. The molecule has 0 saturated carbocycles. The molecule has 2 amide bonds. The van der Waals surface area contributed by atoms with Crippen LogP contribution in [0.2, 0.25) is 0 Å². The van der Waals surface area contributed by atoms with Crippen molar-refractivity contribution in [1.29, 1.82) is 0 Å². The number of piperazine rings is 1. The molecule has 0 bridgehead atoms. The number of likely N-dealkylation sites (N-methyl/N-ethyl adjacent to an activating group) is 1. The second-order valence-corrected chi connectivity index (χ2v) is 9.93. The van der Waals surface area contributed by atoms with Crippen molar-refractivity contribution in [2.45, 2.75) is 12.7 Å². The lowest BCUT2D eigenvalue weighted by Crippen LogP contribution is -2.44. The molecule has 0 unspecified atom stereocenters. The molecule has 1 aliphatic heterocycles. The van der Waals surface area contributed by atoms with Crippen molar-refractivity contribution in [2.24, 2.45) is 0 Å². The number of benzene rings is 2. The Morgan fingerprint density at radius 2 is 1.77 bits per heavy atom. The van der Waals surface area contributed by atoms with E-state index >= 15 is 0 Å². The quantitative estimate of drug-likeness (QED) is 0.304. The third-order valence-corrected chi connectivity index (χ3v) is 6.92. The third-order valence-electron chi connectivity index (χ3n) is 6.92. The molecule has 1 fully saturated rings. The van der Waals surface area contributed by atoms with Crippen LogP contribution in [0, 0.1) is 0 Å². The number of hydrogen-bond acceptors (Lipinski definition) is 9. The first-order chi connectivity index (χ1) is 20.6. The molecule has 5 rings (SSSR count). The summed E-state index contributed by atoms with van der Waals surface area (Å²) in [5.41, 5.74) is -0.426. The number of alkyl halides is 3. The van der Waals surface area contributed by atoms with Gasteiger partial charge in [0.25, 0.3) is 5.91 Å². The number of ether oxygens (including phenoxy) is 2. The van der Waals surface area contributed by atoms with Gasteiger partial charge in [-0.1, -0.05) is 6.07 Å². The predicted molar refractivity (Wildman–Crippen MR) is 152 cm³/mol. The highest BCUT2D eigenvalue weighted by atomic mass is 19.4. The summed E-state index contributed by atoms with van der Waals surface area (Å²) >= 11 is 0. The van der Waals surface area contributed by atoms with Crippen LogP contribution in [0.5, 0.6) is 11.6 Å². The molecule has 43 heavy (non-hydrogen) atoms. The molecular formula is C29H28F3N7O4. The Bertz CT molecular complexity index is 1640. The molecule has 11 nitrogen and oxygen atoms in total. The normalized spacial score (nSPS) is 14.3. The maximum atomic E-state index is 14.0. The monoisotopic (exact) mass is 595 g/mol. The van der Waals surface area contributed by atoms with Crippen molar-refractivity contribution >= 4 is 34.3 Å². The first kappa shape index (κ1) is 29.7. The number of pyridine rings is 1. The van der Waals surface area contributed by atoms with Gasteiger partial charge in [-0.3, -0.25) is 20.0 Å². The molecule has 3 heterocycles. The summed E-state index contributed by atoms with van der Waals surface area (Å²) in [5.74, 6) is 0.0554.